The number of guanidine groups is 1. The summed E-state index contributed by atoms with van der Waals surface area (Å²) in [6.45, 7) is 4.53. The molecule has 0 bridgehead atoms. The quantitative estimate of drug-likeness (QED) is 0.315. The Morgan fingerprint density at radius 1 is 1.26 bits per heavy atom. The van der Waals surface area contributed by atoms with Gasteiger partial charge in [0.25, 0.3) is 0 Å². The highest BCUT2D eigenvalue weighted by molar-refractivity contribution is 14.0. The first-order chi connectivity index (χ1) is 12.0. The van der Waals surface area contributed by atoms with Crippen LogP contribution in [-0.2, 0) is 11.3 Å². The highest BCUT2D eigenvalue weighted by Gasteiger charge is 2.28. The van der Waals surface area contributed by atoms with Crippen molar-refractivity contribution >= 4 is 35.8 Å². The summed E-state index contributed by atoms with van der Waals surface area (Å²) in [5.41, 5.74) is 0.318. The van der Waals surface area contributed by atoms with Crippen LogP contribution in [-0.4, -0.2) is 48.8 Å². The summed E-state index contributed by atoms with van der Waals surface area (Å²) in [7, 11) is 1.54. The third kappa shape index (κ3) is 12.3. The molecular weight excluding hydrogens is 478 g/mol. The van der Waals surface area contributed by atoms with E-state index in [9.17, 15) is 18.0 Å². The summed E-state index contributed by atoms with van der Waals surface area (Å²) in [6, 6.07) is 3.03. The molecule has 1 rings (SSSR count). The molecule has 0 fully saturated rings. The van der Waals surface area contributed by atoms with Crippen LogP contribution in [0.5, 0.6) is 5.88 Å². The smallest absolute Gasteiger partial charge is 0.422 e. The van der Waals surface area contributed by atoms with Gasteiger partial charge in [0.2, 0.25) is 11.8 Å². The number of aromatic nitrogens is 1. The van der Waals surface area contributed by atoms with Gasteiger partial charge in [-0.3, -0.25) is 9.79 Å². The van der Waals surface area contributed by atoms with Crippen molar-refractivity contribution in [2.24, 2.45) is 4.99 Å². The van der Waals surface area contributed by atoms with Crippen molar-refractivity contribution in [3.63, 3.8) is 0 Å². The van der Waals surface area contributed by atoms with E-state index >= 15 is 0 Å². The number of carbonyl (C=O) groups is 1. The topological polar surface area (TPSA) is 87.6 Å². The third-order valence-corrected chi connectivity index (χ3v) is 2.80. The van der Waals surface area contributed by atoms with Gasteiger partial charge in [-0.2, -0.15) is 13.2 Å². The fraction of sp³-hybridized carbons (Fsp3) is 0.562. The van der Waals surface area contributed by atoms with E-state index < -0.39 is 12.8 Å². The molecule has 3 N–H and O–H groups in total. The monoisotopic (exact) mass is 503 g/mol. The summed E-state index contributed by atoms with van der Waals surface area (Å²) >= 11 is 0. The van der Waals surface area contributed by atoms with Gasteiger partial charge in [0.15, 0.2) is 12.6 Å². The Balaban J connectivity index is 0.00000676. The molecule has 1 aromatic heterocycles. The summed E-state index contributed by atoms with van der Waals surface area (Å²) in [4.78, 5) is 19.5. The minimum absolute atomic E-state index is 0. The number of alkyl halides is 3. The average molecular weight is 503 g/mol. The maximum absolute atomic E-state index is 12.2. The van der Waals surface area contributed by atoms with Crippen molar-refractivity contribution in [1.29, 1.82) is 0 Å². The first kappa shape index (κ1) is 25.2. The molecule has 11 heteroatoms. The lowest BCUT2D eigenvalue weighted by Crippen LogP contribution is -2.48. The summed E-state index contributed by atoms with van der Waals surface area (Å²) in [5, 5.41) is 8.61. The molecule has 7 nitrogen and oxygen atoms in total. The first-order valence-corrected chi connectivity index (χ1v) is 7.88. The molecule has 0 aliphatic carbocycles. The van der Waals surface area contributed by atoms with Crippen molar-refractivity contribution in [1.82, 2.24) is 20.9 Å². The number of aliphatic imine (C=N–C) groups is 1. The molecule has 0 spiro atoms. The molecule has 0 saturated carbocycles. The zero-order chi connectivity index (χ0) is 19.8. The van der Waals surface area contributed by atoms with Crippen LogP contribution in [0.2, 0.25) is 0 Å². The van der Waals surface area contributed by atoms with Crippen LogP contribution >= 0.6 is 24.0 Å². The van der Waals surface area contributed by atoms with Gasteiger partial charge in [-0.1, -0.05) is 0 Å². The molecule has 0 saturated heterocycles. The lowest BCUT2D eigenvalue weighted by Gasteiger charge is -2.21. The fourth-order valence-corrected chi connectivity index (χ4v) is 1.83. The summed E-state index contributed by atoms with van der Waals surface area (Å²) in [5.74, 6) is 0.0740. The Labute approximate surface area is 173 Å². The number of carbonyl (C=O) groups excluding carboxylic acids is 1. The number of halogens is 4. The molecule has 1 heterocycles. The second-order valence-electron chi connectivity index (χ2n) is 6.48. The van der Waals surface area contributed by atoms with E-state index in [2.05, 4.69) is 30.7 Å². The van der Waals surface area contributed by atoms with E-state index in [1.807, 2.05) is 20.8 Å². The molecule has 0 aromatic carbocycles. The van der Waals surface area contributed by atoms with E-state index in [4.69, 9.17) is 0 Å². The predicted molar refractivity (Wildman–Crippen MR) is 107 cm³/mol. The largest absolute Gasteiger partial charge is 0.468 e. The minimum Gasteiger partial charge on any atom is -0.468 e. The molecule has 0 aliphatic heterocycles. The number of rotatable bonds is 6. The predicted octanol–water partition coefficient (Wildman–Crippen LogP) is 2.22. The van der Waals surface area contributed by atoms with Crippen molar-refractivity contribution in [3.8, 4) is 5.88 Å². The van der Waals surface area contributed by atoms with Crippen LogP contribution in [0.3, 0.4) is 0 Å². The lowest BCUT2D eigenvalue weighted by atomic mass is 10.1. The Morgan fingerprint density at radius 2 is 1.93 bits per heavy atom. The van der Waals surface area contributed by atoms with E-state index in [-0.39, 0.29) is 54.4 Å². The first-order valence-electron chi connectivity index (χ1n) is 7.88. The van der Waals surface area contributed by atoms with Gasteiger partial charge in [-0.15, -0.1) is 24.0 Å². The van der Waals surface area contributed by atoms with Crippen molar-refractivity contribution in [2.75, 3.05) is 20.2 Å². The lowest BCUT2D eigenvalue weighted by molar-refractivity contribution is -0.154. The van der Waals surface area contributed by atoms with Gasteiger partial charge in [0, 0.05) is 31.4 Å². The van der Waals surface area contributed by atoms with Gasteiger partial charge in [0.1, 0.15) is 0 Å². The molecular formula is C16H25F3IN5O2. The van der Waals surface area contributed by atoms with Crippen molar-refractivity contribution in [3.05, 3.63) is 23.9 Å². The van der Waals surface area contributed by atoms with Crippen molar-refractivity contribution < 1.29 is 22.7 Å². The zero-order valence-corrected chi connectivity index (χ0v) is 17.9. The second-order valence-corrected chi connectivity index (χ2v) is 6.48. The number of hydrogen-bond acceptors (Lipinski definition) is 4. The van der Waals surface area contributed by atoms with Gasteiger partial charge in [-0.05, 0) is 32.4 Å². The maximum Gasteiger partial charge on any atom is 0.422 e. The van der Waals surface area contributed by atoms with Crippen LogP contribution in [0.25, 0.3) is 0 Å². The normalized spacial score (nSPS) is 12.0. The van der Waals surface area contributed by atoms with E-state index in [1.54, 1.807) is 13.1 Å². The van der Waals surface area contributed by atoms with Crippen molar-refractivity contribution in [2.45, 2.75) is 39.0 Å². The number of nitrogens with zero attached hydrogens (tertiary/aromatic N) is 2. The molecule has 154 valence electrons. The molecule has 27 heavy (non-hydrogen) atoms. The third-order valence-electron chi connectivity index (χ3n) is 2.80. The van der Waals surface area contributed by atoms with Crippen LogP contribution in [0.15, 0.2) is 23.3 Å². The molecule has 0 aliphatic rings. The SMILES string of the molecule is CN=C(NCC(=O)NC(C)(C)C)NCc1ccnc(OCC(F)(F)F)c1.I. The average Bonchev–Trinajstić information content (AvgIpc) is 2.51. The van der Waals surface area contributed by atoms with Gasteiger partial charge < -0.3 is 20.7 Å². The Hall–Kier alpha value is -1.79. The fourth-order valence-electron chi connectivity index (χ4n) is 1.83. The number of ether oxygens (including phenoxy) is 1. The van der Waals surface area contributed by atoms with Gasteiger partial charge >= 0.3 is 6.18 Å². The highest BCUT2D eigenvalue weighted by Crippen LogP contribution is 2.17. The Morgan fingerprint density at radius 3 is 2.48 bits per heavy atom. The minimum atomic E-state index is -4.42. The Bertz CT molecular complexity index is 633. The van der Waals surface area contributed by atoms with E-state index in [0.29, 0.717) is 11.5 Å². The zero-order valence-electron chi connectivity index (χ0n) is 15.6. The Kier molecular flexibility index (Phi) is 10.4. The second kappa shape index (κ2) is 11.1. The van der Waals surface area contributed by atoms with E-state index in [0.717, 1.165) is 0 Å². The van der Waals surface area contributed by atoms with Crippen LogP contribution in [0, 0.1) is 0 Å². The summed E-state index contributed by atoms with van der Waals surface area (Å²) in [6.07, 6.45) is -3.06. The standard InChI is InChI=1S/C16H24F3N5O2.HI/c1-15(2,3)24-12(25)9-23-14(20-4)22-8-11-5-6-21-13(7-11)26-10-16(17,18)19;/h5-7H,8-10H2,1-4H3,(H,24,25)(H2,20,22,23);1H. The van der Waals surface area contributed by atoms with Crippen LogP contribution in [0.1, 0.15) is 26.3 Å². The molecule has 0 radical (unpaired) electrons. The number of hydrogen-bond donors (Lipinski definition) is 3. The number of pyridine rings is 1. The number of nitrogens with one attached hydrogen (secondary N) is 3. The molecule has 1 amide bonds. The molecule has 0 unspecified atom stereocenters. The number of amides is 1. The van der Waals surface area contributed by atoms with Gasteiger partial charge in [0.05, 0.1) is 6.54 Å². The summed E-state index contributed by atoms with van der Waals surface area (Å²) < 4.78 is 41.1. The highest BCUT2D eigenvalue weighted by atomic mass is 127. The van der Waals surface area contributed by atoms with Gasteiger partial charge in [-0.25, -0.2) is 4.98 Å². The van der Waals surface area contributed by atoms with E-state index in [1.165, 1.54) is 12.3 Å². The van der Waals surface area contributed by atoms with Crippen LogP contribution in [0.4, 0.5) is 13.2 Å². The maximum atomic E-state index is 12.2. The molecule has 0 atom stereocenters. The van der Waals surface area contributed by atoms with Crippen LogP contribution < -0.4 is 20.7 Å². The molecule has 1 aromatic rings.